The summed E-state index contributed by atoms with van der Waals surface area (Å²) < 4.78 is 10.4. The molecule has 6 heteroatoms. The smallest absolute Gasteiger partial charge is 0.224 e. The Bertz CT molecular complexity index is 786. The van der Waals surface area contributed by atoms with Crippen LogP contribution in [0, 0.1) is 13.8 Å². The predicted octanol–water partition coefficient (Wildman–Crippen LogP) is 2.81. The molecule has 1 amide bonds. The van der Waals surface area contributed by atoms with E-state index in [1.54, 1.807) is 6.92 Å². The number of aromatic nitrogens is 2. The van der Waals surface area contributed by atoms with Gasteiger partial charge in [0.25, 0.3) is 0 Å². The van der Waals surface area contributed by atoms with Crippen LogP contribution in [0.4, 0.5) is 0 Å². The van der Waals surface area contributed by atoms with Crippen molar-refractivity contribution in [3.8, 4) is 11.3 Å². The highest BCUT2D eigenvalue weighted by molar-refractivity contribution is 5.79. The van der Waals surface area contributed by atoms with Crippen LogP contribution in [0.5, 0.6) is 0 Å². The molecule has 23 heavy (non-hydrogen) atoms. The SMILES string of the molecule is Cc1noc(C)c1CC(=O)NCc1cc(-c2ccccc2)on1. The number of hydrogen-bond acceptors (Lipinski definition) is 5. The van der Waals surface area contributed by atoms with E-state index in [0.717, 1.165) is 16.8 Å². The fraction of sp³-hybridized carbons (Fsp3) is 0.235. The molecule has 0 aliphatic rings. The molecule has 0 atom stereocenters. The number of hydrogen-bond donors (Lipinski definition) is 1. The Morgan fingerprint density at radius 3 is 2.61 bits per heavy atom. The van der Waals surface area contributed by atoms with Crippen molar-refractivity contribution >= 4 is 5.91 Å². The number of carbonyl (C=O) groups is 1. The molecule has 2 heterocycles. The Balaban J connectivity index is 1.59. The molecular formula is C17H17N3O3. The van der Waals surface area contributed by atoms with Crippen LogP contribution in [-0.2, 0) is 17.8 Å². The fourth-order valence-electron chi connectivity index (χ4n) is 2.30. The molecule has 6 nitrogen and oxygen atoms in total. The maximum atomic E-state index is 12.0. The number of aryl methyl sites for hydroxylation is 2. The van der Waals surface area contributed by atoms with Gasteiger partial charge >= 0.3 is 0 Å². The second-order valence-corrected chi connectivity index (χ2v) is 5.30. The first kappa shape index (κ1) is 15.0. The summed E-state index contributed by atoms with van der Waals surface area (Å²) in [5, 5.41) is 10.6. The summed E-state index contributed by atoms with van der Waals surface area (Å²) in [5.41, 5.74) is 3.20. The Morgan fingerprint density at radius 1 is 1.13 bits per heavy atom. The van der Waals surface area contributed by atoms with Crippen LogP contribution in [0.15, 0.2) is 45.4 Å². The maximum absolute atomic E-state index is 12.0. The van der Waals surface area contributed by atoms with E-state index in [4.69, 9.17) is 9.05 Å². The van der Waals surface area contributed by atoms with E-state index in [2.05, 4.69) is 15.6 Å². The topological polar surface area (TPSA) is 81.2 Å². The second kappa shape index (κ2) is 6.48. The van der Waals surface area contributed by atoms with Gasteiger partial charge in [0.1, 0.15) is 11.5 Å². The van der Waals surface area contributed by atoms with E-state index in [9.17, 15) is 4.79 Å². The van der Waals surface area contributed by atoms with Crippen molar-refractivity contribution in [2.75, 3.05) is 0 Å². The highest BCUT2D eigenvalue weighted by Gasteiger charge is 2.14. The maximum Gasteiger partial charge on any atom is 0.224 e. The van der Waals surface area contributed by atoms with Gasteiger partial charge in [0.2, 0.25) is 5.91 Å². The normalized spacial score (nSPS) is 10.7. The molecule has 1 N–H and O–H groups in total. The minimum absolute atomic E-state index is 0.108. The van der Waals surface area contributed by atoms with Gasteiger partial charge in [0.15, 0.2) is 5.76 Å². The second-order valence-electron chi connectivity index (χ2n) is 5.30. The molecule has 2 aromatic heterocycles. The van der Waals surface area contributed by atoms with Gasteiger partial charge in [-0.1, -0.05) is 40.6 Å². The summed E-state index contributed by atoms with van der Waals surface area (Å²) in [5.74, 6) is 1.25. The molecule has 0 aliphatic carbocycles. The van der Waals surface area contributed by atoms with Gasteiger partial charge in [-0.15, -0.1) is 0 Å². The van der Waals surface area contributed by atoms with Gasteiger partial charge in [-0.05, 0) is 13.8 Å². The van der Waals surface area contributed by atoms with E-state index in [-0.39, 0.29) is 12.3 Å². The lowest BCUT2D eigenvalue weighted by molar-refractivity contribution is -0.120. The minimum Gasteiger partial charge on any atom is -0.361 e. The monoisotopic (exact) mass is 311 g/mol. The summed E-state index contributed by atoms with van der Waals surface area (Å²) >= 11 is 0. The number of nitrogens with zero attached hydrogens (tertiary/aromatic N) is 2. The molecule has 0 saturated carbocycles. The molecule has 0 bridgehead atoms. The van der Waals surface area contributed by atoms with Crippen LogP contribution in [0.2, 0.25) is 0 Å². The Hall–Kier alpha value is -2.89. The summed E-state index contributed by atoms with van der Waals surface area (Å²) in [4.78, 5) is 12.0. The molecule has 0 fully saturated rings. The van der Waals surface area contributed by atoms with Crippen molar-refractivity contribution in [2.24, 2.45) is 0 Å². The zero-order valence-corrected chi connectivity index (χ0v) is 13.0. The molecule has 3 rings (SSSR count). The van der Waals surface area contributed by atoms with Crippen molar-refractivity contribution in [1.82, 2.24) is 15.6 Å². The molecule has 3 aromatic rings. The first-order chi connectivity index (χ1) is 11.1. The van der Waals surface area contributed by atoms with Gasteiger partial charge in [0, 0.05) is 17.2 Å². The average Bonchev–Trinajstić information content (AvgIpc) is 3.16. The van der Waals surface area contributed by atoms with Gasteiger partial charge in [-0.25, -0.2) is 0 Å². The van der Waals surface area contributed by atoms with Crippen molar-refractivity contribution in [2.45, 2.75) is 26.8 Å². The van der Waals surface area contributed by atoms with Crippen molar-refractivity contribution < 1.29 is 13.8 Å². The Labute approximate surface area is 133 Å². The number of benzene rings is 1. The van der Waals surface area contributed by atoms with Crippen molar-refractivity contribution in [3.63, 3.8) is 0 Å². The molecule has 0 radical (unpaired) electrons. The third-order valence-electron chi connectivity index (χ3n) is 3.60. The lowest BCUT2D eigenvalue weighted by Gasteiger charge is -2.02. The van der Waals surface area contributed by atoms with Crippen LogP contribution < -0.4 is 5.32 Å². The Kier molecular flexibility index (Phi) is 4.23. The lowest BCUT2D eigenvalue weighted by Crippen LogP contribution is -2.25. The van der Waals surface area contributed by atoms with Gasteiger partial charge in [-0.3, -0.25) is 4.79 Å². The fourth-order valence-corrected chi connectivity index (χ4v) is 2.30. The quantitative estimate of drug-likeness (QED) is 0.783. The molecule has 118 valence electrons. The molecule has 1 aromatic carbocycles. The van der Waals surface area contributed by atoms with E-state index in [1.165, 1.54) is 0 Å². The van der Waals surface area contributed by atoms with Crippen molar-refractivity contribution in [1.29, 1.82) is 0 Å². The number of carbonyl (C=O) groups excluding carboxylic acids is 1. The van der Waals surface area contributed by atoms with Crippen LogP contribution >= 0.6 is 0 Å². The number of amides is 1. The third kappa shape index (κ3) is 3.48. The van der Waals surface area contributed by atoms with Crippen molar-refractivity contribution in [3.05, 3.63) is 59.1 Å². The molecule has 0 unspecified atom stereocenters. The van der Waals surface area contributed by atoms with E-state index in [1.807, 2.05) is 43.3 Å². The summed E-state index contributed by atoms with van der Waals surface area (Å²) in [7, 11) is 0. The van der Waals surface area contributed by atoms with Gasteiger partial charge in [-0.2, -0.15) is 0 Å². The van der Waals surface area contributed by atoms with Crippen LogP contribution in [-0.4, -0.2) is 16.2 Å². The van der Waals surface area contributed by atoms with Crippen LogP contribution in [0.25, 0.3) is 11.3 Å². The third-order valence-corrected chi connectivity index (χ3v) is 3.60. The van der Waals surface area contributed by atoms with E-state index in [0.29, 0.717) is 23.8 Å². The number of rotatable bonds is 5. The zero-order chi connectivity index (χ0) is 16.2. The largest absolute Gasteiger partial charge is 0.361 e. The highest BCUT2D eigenvalue weighted by atomic mass is 16.5. The van der Waals surface area contributed by atoms with Gasteiger partial charge < -0.3 is 14.4 Å². The molecule has 0 aliphatic heterocycles. The zero-order valence-electron chi connectivity index (χ0n) is 13.0. The van der Waals surface area contributed by atoms with Gasteiger partial charge in [0.05, 0.1) is 18.7 Å². The predicted molar refractivity (Wildman–Crippen MR) is 83.5 cm³/mol. The summed E-state index contributed by atoms with van der Waals surface area (Å²) in [6.07, 6.45) is 0.241. The lowest BCUT2D eigenvalue weighted by atomic mass is 10.1. The summed E-state index contributed by atoms with van der Waals surface area (Å²) in [6.45, 7) is 3.94. The van der Waals surface area contributed by atoms with E-state index < -0.39 is 0 Å². The molecule has 0 saturated heterocycles. The molecular weight excluding hydrogens is 294 g/mol. The first-order valence-corrected chi connectivity index (χ1v) is 7.33. The Morgan fingerprint density at radius 2 is 1.91 bits per heavy atom. The first-order valence-electron chi connectivity index (χ1n) is 7.33. The minimum atomic E-state index is -0.108. The van der Waals surface area contributed by atoms with E-state index >= 15 is 0 Å². The van der Waals surface area contributed by atoms with Crippen LogP contribution in [0.3, 0.4) is 0 Å². The summed E-state index contributed by atoms with van der Waals surface area (Å²) in [6, 6.07) is 11.5. The standard InChI is InChI=1S/C17H17N3O3/c1-11-15(12(2)22-19-11)9-17(21)18-10-14-8-16(23-20-14)13-6-4-3-5-7-13/h3-8H,9-10H2,1-2H3,(H,18,21). The van der Waals surface area contributed by atoms with Crippen LogP contribution in [0.1, 0.15) is 22.7 Å². The molecule has 0 spiro atoms. The highest BCUT2D eigenvalue weighted by Crippen LogP contribution is 2.19. The average molecular weight is 311 g/mol. The number of nitrogens with one attached hydrogen (secondary N) is 1.